The lowest BCUT2D eigenvalue weighted by Crippen LogP contribution is -2.42. The Bertz CT molecular complexity index is 477. The van der Waals surface area contributed by atoms with Crippen LogP contribution in [0, 0.1) is 0 Å². The van der Waals surface area contributed by atoms with E-state index in [-0.39, 0.29) is 0 Å². The van der Waals surface area contributed by atoms with Gasteiger partial charge in [-0.2, -0.15) is 5.06 Å². The second-order valence-corrected chi connectivity index (χ2v) is 5.95. The first kappa shape index (κ1) is 11.7. The van der Waals surface area contributed by atoms with Crippen molar-refractivity contribution < 1.29 is 4.84 Å². The van der Waals surface area contributed by atoms with Crippen molar-refractivity contribution in [2.24, 2.45) is 0 Å². The Morgan fingerprint density at radius 2 is 2.16 bits per heavy atom. The highest BCUT2D eigenvalue weighted by molar-refractivity contribution is 5.51. The Labute approximate surface area is 115 Å². The summed E-state index contributed by atoms with van der Waals surface area (Å²) in [4.78, 5) is 8.37. The summed E-state index contributed by atoms with van der Waals surface area (Å²) in [6.07, 6.45) is 13.1. The number of piperidine rings is 1. The zero-order valence-electron chi connectivity index (χ0n) is 11.6. The lowest BCUT2D eigenvalue weighted by atomic mass is 9.87. The standard InChI is InChI=1S/C16H22N2O/c1-19-18-13-7-3-2-6-12(13)16-14-8-4-5-10-17(14)11-9-15(16)18/h2-3,6,13,15H,4-5,7-11H2,1H3. The smallest absolute Gasteiger partial charge is 0.0647 e. The first-order valence-electron chi connectivity index (χ1n) is 7.57. The van der Waals surface area contributed by atoms with Crippen LogP contribution < -0.4 is 0 Å². The van der Waals surface area contributed by atoms with Gasteiger partial charge in [-0.15, -0.1) is 0 Å². The van der Waals surface area contributed by atoms with Crippen molar-refractivity contribution in [3.8, 4) is 0 Å². The van der Waals surface area contributed by atoms with Crippen molar-refractivity contribution in [2.45, 2.75) is 44.2 Å². The lowest BCUT2D eigenvalue weighted by Gasteiger charge is -2.40. The van der Waals surface area contributed by atoms with Crippen LogP contribution in [0.15, 0.2) is 35.1 Å². The van der Waals surface area contributed by atoms with E-state index in [9.17, 15) is 0 Å². The van der Waals surface area contributed by atoms with E-state index < -0.39 is 0 Å². The van der Waals surface area contributed by atoms with Gasteiger partial charge in [-0.1, -0.05) is 18.2 Å². The largest absolute Gasteiger partial charge is 0.374 e. The Morgan fingerprint density at radius 3 is 3.05 bits per heavy atom. The van der Waals surface area contributed by atoms with Gasteiger partial charge < -0.3 is 9.74 Å². The molecule has 102 valence electrons. The van der Waals surface area contributed by atoms with Gasteiger partial charge in [-0.25, -0.2) is 0 Å². The van der Waals surface area contributed by atoms with Gasteiger partial charge in [0.25, 0.3) is 0 Å². The number of hydrogen-bond acceptors (Lipinski definition) is 3. The first-order valence-corrected chi connectivity index (χ1v) is 7.57. The average molecular weight is 258 g/mol. The number of fused-ring (bicyclic) bond motifs is 4. The van der Waals surface area contributed by atoms with E-state index in [1.54, 1.807) is 11.3 Å². The summed E-state index contributed by atoms with van der Waals surface area (Å²) < 4.78 is 0. The molecule has 3 aliphatic heterocycles. The van der Waals surface area contributed by atoms with E-state index in [1.807, 2.05) is 7.11 Å². The van der Waals surface area contributed by atoms with Crippen LogP contribution in [0.3, 0.4) is 0 Å². The minimum Gasteiger partial charge on any atom is -0.374 e. The third kappa shape index (κ3) is 1.65. The van der Waals surface area contributed by atoms with E-state index in [0.29, 0.717) is 12.1 Å². The molecule has 19 heavy (non-hydrogen) atoms. The fraction of sp³-hybridized carbons (Fsp3) is 0.625. The normalized spacial score (nSPS) is 33.9. The van der Waals surface area contributed by atoms with Gasteiger partial charge in [0, 0.05) is 18.8 Å². The molecule has 2 saturated heterocycles. The van der Waals surface area contributed by atoms with E-state index in [2.05, 4.69) is 28.2 Å². The highest BCUT2D eigenvalue weighted by Gasteiger charge is 2.45. The SMILES string of the molecule is CON1C2CC=CC=C2C2=C3CCCCN3CCC21. The van der Waals surface area contributed by atoms with E-state index in [1.165, 1.54) is 44.3 Å². The lowest BCUT2D eigenvalue weighted by molar-refractivity contribution is -0.163. The maximum absolute atomic E-state index is 5.74. The highest BCUT2D eigenvalue weighted by atomic mass is 16.7. The van der Waals surface area contributed by atoms with Crippen molar-refractivity contribution in [1.82, 2.24) is 9.96 Å². The van der Waals surface area contributed by atoms with Gasteiger partial charge in [0.2, 0.25) is 0 Å². The predicted molar refractivity (Wildman–Crippen MR) is 75.3 cm³/mol. The molecule has 2 atom stereocenters. The number of hydrogen-bond donors (Lipinski definition) is 0. The molecule has 0 radical (unpaired) electrons. The summed E-state index contributed by atoms with van der Waals surface area (Å²) >= 11 is 0. The zero-order chi connectivity index (χ0) is 12.8. The van der Waals surface area contributed by atoms with Crippen molar-refractivity contribution >= 4 is 0 Å². The maximum atomic E-state index is 5.74. The fourth-order valence-electron chi connectivity index (χ4n) is 4.27. The molecule has 0 aromatic carbocycles. The highest BCUT2D eigenvalue weighted by Crippen LogP contribution is 2.45. The fourth-order valence-corrected chi connectivity index (χ4v) is 4.27. The molecule has 2 fully saturated rings. The second kappa shape index (κ2) is 4.50. The maximum Gasteiger partial charge on any atom is 0.0647 e. The van der Waals surface area contributed by atoms with Crippen LogP contribution in [0.25, 0.3) is 0 Å². The molecule has 0 N–H and O–H groups in total. The molecule has 0 aromatic heterocycles. The summed E-state index contributed by atoms with van der Waals surface area (Å²) in [5.41, 5.74) is 4.74. The molecular formula is C16H22N2O. The molecule has 0 aromatic rings. The monoisotopic (exact) mass is 258 g/mol. The quantitative estimate of drug-likeness (QED) is 0.719. The molecular weight excluding hydrogens is 236 g/mol. The van der Waals surface area contributed by atoms with Gasteiger partial charge in [-0.05, 0) is 43.3 Å². The number of nitrogens with zero attached hydrogens (tertiary/aromatic N) is 2. The van der Waals surface area contributed by atoms with Crippen LogP contribution in [-0.2, 0) is 4.84 Å². The Balaban J connectivity index is 1.83. The van der Waals surface area contributed by atoms with Crippen molar-refractivity contribution in [2.75, 3.05) is 20.2 Å². The van der Waals surface area contributed by atoms with Crippen LogP contribution in [0.4, 0.5) is 0 Å². The molecule has 1 aliphatic carbocycles. The van der Waals surface area contributed by atoms with Crippen LogP contribution in [0.1, 0.15) is 32.1 Å². The average Bonchev–Trinajstić information content (AvgIpc) is 2.81. The molecule has 3 nitrogen and oxygen atoms in total. The van der Waals surface area contributed by atoms with Gasteiger partial charge in [0.05, 0.1) is 19.2 Å². The minimum absolute atomic E-state index is 0.448. The van der Waals surface area contributed by atoms with Gasteiger partial charge >= 0.3 is 0 Å². The number of allylic oxidation sites excluding steroid dienone is 3. The van der Waals surface area contributed by atoms with E-state index >= 15 is 0 Å². The molecule has 3 heteroatoms. The molecule has 0 bridgehead atoms. The summed E-state index contributed by atoms with van der Waals surface area (Å²) in [7, 11) is 1.83. The van der Waals surface area contributed by atoms with Crippen LogP contribution in [-0.4, -0.2) is 42.2 Å². The molecule has 0 spiro atoms. The Morgan fingerprint density at radius 1 is 1.21 bits per heavy atom. The summed E-state index contributed by atoms with van der Waals surface area (Å²) in [6.45, 7) is 2.46. The van der Waals surface area contributed by atoms with Crippen LogP contribution >= 0.6 is 0 Å². The minimum atomic E-state index is 0.448. The van der Waals surface area contributed by atoms with Crippen molar-refractivity contribution in [3.63, 3.8) is 0 Å². The van der Waals surface area contributed by atoms with Gasteiger partial charge in [0.1, 0.15) is 0 Å². The van der Waals surface area contributed by atoms with E-state index in [0.717, 1.165) is 6.42 Å². The third-order valence-electron chi connectivity index (χ3n) is 5.06. The molecule has 2 unspecified atom stereocenters. The summed E-state index contributed by atoms with van der Waals surface area (Å²) in [5, 5.41) is 2.25. The van der Waals surface area contributed by atoms with Crippen molar-refractivity contribution in [3.05, 3.63) is 35.1 Å². The molecule has 4 rings (SSSR count). The van der Waals surface area contributed by atoms with E-state index in [4.69, 9.17) is 4.84 Å². The molecule has 4 aliphatic rings. The summed E-state index contributed by atoms with van der Waals surface area (Å²) in [5.74, 6) is 0. The van der Waals surface area contributed by atoms with Crippen LogP contribution in [0.2, 0.25) is 0 Å². The second-order valence-electron chi connectivity index (χ2n) is 5.95. The van der Waals surface area contributed by atoms with Crippen molar-refractivity contribution in [1.29, 1.82) is 0 Å². The number of hydroxylamine groups is 2. The van der Waals surface area contributed by atoms with Gasteiger partial charge in [0.15, 0.2) is 0 Å². The third-order valence-corrected chi connectivity index (χ3v) is 5.06. The summed E-state index contributed by atoms with van der Waals surface area (Å²) in [6, 6.07) is 0.940. The number of rotatable bonds is 1. The van der Waals surface area contributed by atoms with Gasteiger partial charge in [-0.3, -0.25) is 0 Å². The Hall–Kier alpha value is -1.06. The molecule has 0 amide bonds. The molecule has 3 heterocycles. The zero-order valence-corrected chi connectivity index (χ0v) is 11.6. The predicted octanol–water partition coefficient (Wildman–Crippen LogP) is 2.63. The Kier molecular flexibility index (Phi) is 2.78. The van der Waals surface area contributed by atoms with Crippen LogP contribution in [0.5, 0.6) is 0 Å². The first-order chi connectivity index (χ1) is 9.40. The molecule has 0 saturated carbocycles. The topological polar surface area (TPSA) is 15.7 Å².